The summed E-state index contributed by atoms with van der Waals surface area (Å²) in [5, 5.41) is 3.46. The van der Waals surface area contributed by atoms with E-state index in [1.54, 1.807) is 0 Å². The first-order chi connectivity index (χ1) is 8.18. The lowest BCUT2D eigenvalue weighted by atomic mass is 9.86. The maximum absolute atomic E-state index is 5.65. The Balaban J connectivity index is 2.46. The molecule has 1 heterocycles. The normalized spacial score (nSPS) is 14.8. The van der Waals surface area contributed by atoms with Crippen LogP contribution in [0.25, 0.3) is 0 Å². The van der Waals surface area contributed by atoms with Gasteiger partial charge in [0, 0.05) is 11.1 Å². The van der Waals surface area contributed by atoms with Crippen molar-refractivity contribution in [1.82, 2.24) is 0 Å². The van der Waals surface area contributed by atoms with Crippen molar-refractivity contribution >= 4 is 5.69 Å². The first-order valence-corrected chi connectivity index (χ1v) is 6.40. The van der Waals surface area contributed by atoms with Crippen LogP contribution in [0.5, 0.6) is 11.5 Å². The van der Waals surface area contributed by atoms with E-state index < -0.39 is 0 Å². The molecule has 1 aliphatic rings. The molecular formula is C15H23NO2. The number of hydrogen-bond acceptors (Lipinski definition) is 3. The molecule has 0 bridgehead atoms. The van der Waals surface area contributed by atoms with E-state index in [1.165, 1.54) is 5.56 Å². The van der Waals surface area contributed by atoms with Gasteiger partial charge in [0.25, 0.3) is 0 Å². The number of benzene rings is 1. The van der Waals surface area contributed by atoms with Crippen LogP contribution in [0.2, 0.25) is 0 Å². The fraction of sp³-hybridized carbons (Fsp3) is 0.600. The average Bonchev–Trinajstić information content (AvgIpc) is 2.62. The van der Waals surface area contributed by atoms with Crippen molar-refractivity contribution in [3.63, 3.8) is 0 Å². The number of anilines is 1. The van der Waals surface area contributed by atoms with Gasteiger partial charge in [0.05, 0.1) is 5.69 Å². The monoisotopic (exact) mass is 249 g/mol. The second-order valence-electron chi connectivity index (χ2n) is 6.85. The maximum atomic E-state index is 5.65. The molecule has 1 aromatic carbocycles. The van der Waals surface area contributed by atoms with Gasteiger partial charge in [0.2, 0.25) is 6.79 Å². The Bertz CT molecular complexity index is 453. The minimum Gasteiger partial charge on any atom is -0.453 e. The molecule has 1 N–H and O–H groups in total. The van der Waals surface area contributed by atoms with E-state index >= 15 is 0 Å². The summed E-state index contributed by atoms with van der Waals surface area (Å²) in [5.41, 5.74) is 2.25. The predicted molar refractivity (Wildman–Crippen MR) is 74.6 cm³/mol. The van der Waals surface area contributed by atoms with Crippen molar-refractivity contribution in [2.24, 2.45) is 0 Å². The molecule has 0 spiro atoms. The third-order valence-electron chi connectivity index (χ3n) is 2.84. The van der Waals surface area contributed by atoms with E-state index in [4.69, 9.17) is 9.47 Å². The van der Waals surface area contributed by atoms with E-state index in [-0.39, 0.29) is 11.0 Å². The van der Waals surface area contributed by atoms with Crippen molar-refractivity contribution in [1.29, 1.82) is 0 Å². The van der Waals surface area contributed by atoms with Gasteiger partial charge < -0.3 is 14.8 Å². The summed E-state index contributed by atoms with van der Waals surface area (Å²) < 4.78 is 11.3. The molecule has 3 heteroatoms. The summed E-state index contributed by atoms with van der Waals surface area (Å²) in [7, 11) is 0. The first-order valence-electron chi connectivity index (χ1n) is 6.40. The summed E-state index contributed by atoms with van der Waals surface area (Å²) >= 11 is 0. The molecule has 3 nitrogen and oxygen atoms in total. The zero-order chi connectivity index (χ0) is 13.6. The summed E-state index contributed by atoms with van der Waals surface area (Å²) in [6.07, 6.45) is 0. The SMILES string of the molecule is CC(C)(C)Nc1ccc(C(C)(C)C)c2c1OCO2. The molecule has 0 saturated carbocycles. The third kappa shape index (κ3) is 2.55. The lowest BCUT2D eigenvalue weighted by molar-refractivity contribution is 0.172. The molecule has 0 aliphatic carbocycles. The Labute approximate surface area is 109 Å². The summed E-state index contributed by atoms with van der Waals surface area (Å²) in [5.74, 6) is 1.73. The molecule has 0 unspecified atom stereocenters. The Morgan fingerprint density at radius 2 is 1.56 bits per heavy atom. The molecule has 100 valence electrons. The first kappa shape index (κ1) is 13.1. The summed E-state index contributed by atoms with van der Waals surface area (Å²) in [6.45, 7) is 13.2. The van der Waals surface area contributed by atoms with Crippen LogP contribution in [0.4, 0.5) is 5.69 Å². The van der Waals surface area contributed by atoms with Gasteiger partial charge in [-0.15, -0.1) is 0 Å². The zero-order valence-corrected chi connectivity index (χ0v) is 12.2. The molecule has 0 amide bonds. The zero-order valence-electron chi connectivity index (χ0n) is 12.2. The van der Waals surface area contributed by atoms with Crippen LogP contribution in [0.15, 0.2) is 12.1 Å². The Hall–Kier alpha value is -1.38. The third-order valence-corrected chi connectivity index (χ3v) is 2.84. The smallest absolute Gasteiger partial charge is 0.231 e. The highest BCUT2D eigenvalue weighted by molar-refractivity contribution is 5.68. The molecule has 0 atom stereocenters. The van der Waals surface area contributed by atoms with E-state index in [1.807, 2.05) is 0 Å². The minimum atomic E-state index is 0.00295. The highest BCUT2D eigenvalue weighted by Gasteiger charge is 2.28. The van der Waals surface area contributed by atoms with E-state index in [0.29, 0.717) is 6.79 Å². The molecule has 0 radical (unpaired) electrons. The van der Waals surface area contributed by atoms with Crippen LogP contribution < -0.4 is 14.8 Å². The Morgan fingerprint density at radius 1 is 0.944 bits per heavy atom. The molecule has 18 heavy (non-hydrogen) atoms. The van der Waals surface area contributed by atoms with Crippen LogP contribution in [-0.2, 0) is 5.41 Å². The van der Waals surface area contributed by atoms with Crippen LogP contribution in [0, 0.1) is 0 Å². The van der Waals surface area contributed by atoms with Crippen molar-refractivity contribution in [2.45, 2.75) is 52.5 Å². The Kier molecular flexibility index (Phi) is 2.96. The van der Waals surface area contributed by atoms with Crippen molar-refractivity contribution < 1.29 is 9.47 Å². The standard InChI is InChI=1S/C15H23NO2/c1-14(2,3)10-7-8-11(16-15(4,5)6)13-12(10)17-9-18-13/h7-8,16H,9H2,1-6H3. The quantitative estimate of drug-likeness (QED) is 0.818. The van der Waals surface area contributed by atoms with Crippen molar-refractivity contribution in [2.75, 3.05) is 12.1 Å². The average molecular weight is 249 g/mol. The number of ether oxygens (including phenoxy) is 2. The van der Waals surface area contributed by atoms with E-state index in [2.05, 4.69) is 59.0 Å². The van der Waals surface area contributed by atoms with E-state index in [9.17, 15) is 0 Å². The van der Waals surface area contributed by atoms with Gasteiger partial charge in [0.1, 0.15) is 0 Å². The van der Waals surface area contributed by atoms with Crippen LogP contribution in [0.3, 0.4) is 0 Å². The van der Waals surface area contributed by atoms with Crippen LogP contribution in [-0.4, -0.2) is 12.3 Å². The fourth-order valence-corrected chi connectivity index (χ4v) is 2.09. The van der Waals surface area contributed by atoms with Crippen LogP contribution >= 0.6 is 0 Å². The molecule has 1 aromatic rings. The van der Waals surface area contributed by atoms with Gasteiger partial charge >= 0.3 is 0 Å². The molecule has 0 aromatic heterocycles. The van der Waals surface area contributed by atoms with Crippen LogP contribution in [0.1, 0.15) is 47.1 Å². The lowest BCUT2D eigenvalue weighted by Gasteiger charge is -2.25. The maximum Gasteiger partial charge on any atom is 0.231 e. The van der Waals surface area contributed by atoms with Gasteiger partial charge in [-0.25, -0.2) is 0 Å². The Morgan fingerprint density at radius 3 is 2.11 bits per heavy atom. The predicted octanol–water partition coefficient (Wildman–Crippen LogP) is 3.92. The van der Waals surface area contributed by atoms with Gasteiger partial charge in [-0.05, 0) is 32.3 Å². The number of hydrogen-bond donors (Lipinski definition) is 1. The largest absolute Gasteiger partial charge is 0.453 e. The summed E-state index contributed by atoms with van der Waals surface area (Å²) in [4.78, 5) is 0. The van der Waals surface area contributed by atoms with Crippen molar-refractivity contribution in [3.8, 4) is 11.5 Å². The minimum absolute atomic E-state index is 0.00295. The lowest BCUT2D eigenvalue weighted by Crippen LogP contribution is -2.26. The molecule has 2 rings (SSSR count). The van der Waals surface area contributed by atoms with E-state index in [0.717, 1.165) is 17.2 Å². The van der Waals surface area contributed by atoms with Gasteiger partial charge in [-0.3, -0.25) is 0 Å². The van der Waals surface area contributed by atoms with Gasteiger partial charge in [0.15, 0.2) is 11.5 Å². The fourth-order valence-electron chi connectivity index (χ4n) is 2.09. The number of rotatable bonds is 1. The number of fused-ring (bicyclic) bond motifs is 1. The molecular weight excluding hydrogens is 226 g/mol. The molecule has 1 aliphatic heterocycles. The highest BCUT2D eigenvalue weighted by atomic mass is 16.7. The molecule has 0 fully saturated rings. The highest BCUT2D eigenvalue weighted by Crippen LogP contribution is 2.46. The molecule has 0 saturated heterocycles. The van der Waals surface area contributed by atoms with Gasteiger partial charge in [-0.1, -0.05) is 26.8 Å². The summed E-state index contributed by atoms with van der Waals surface area (Å²) in [6, 6.07) is 4.21. The second-order valence-corrected chi connectivity index (χ2v) is 6.85. The topological polar surface area (TPSA) is 30.5 Å². The number of nitrogens with one attached hydrogen (secondary N) is 1. The second kappa shape index (κ2) is 4.08. The van der Waals surface area contributed by atoms with Gasteiger partial charge in [-0.2, -0.15) is 0 Å². The van der Waals surface area contributed by atoms with Crippen molar-refractivity contribution in [3.05, 3.63) is 17.7 Å².